The van der Waals surface area contributed by atoms with Crippen molar-refractivity contribution in [1.29, 1.82) is 0 Å². The topological polar surface area (TPSA) is 106 Å². The van der Waals surface area contributed by atoms with Crippen molar-refractivity contribution in [1.82, 2.24) is 20.3 Å². The molecule has 12 heteroatoms. The summed E-state index contributed by atoms with van der Waals surface area (Å²) in [6, 6.07) is 26.0. The van der Waals surface area contributed by atoms with Crippen LogP contribution in [0.15, 0.2) is 108 Å². The van der Waals surface area contributed by atoms with Gasteiger partial charge >= 0.3 is 0 Å². The molecule has 234 valence electrons. The zero-order chi connectivity index (χ0) is 31.9. The molecule has 0 unspecified atom stereocenters. The summed E-state index contributed by atoms with van der Waals surface area (Å²) in [7, 11) is -3.31. The van der Waals surface area contributed by atoms with Crippen molar-refractivity contribution in [3.63, 3.8) is 0 Å². The lowest BCUT2D eigenvalue weighted by molar-refractivity contribution is 0.306. The number of hydrogen-bond donors (Lipinski definition) is 2. The summed E-state index contributed by atoms with van der Waals surface area (Å²) >= 11 is 8.07. The second-order valence-corrected chi connectivity index (χ2v) is 13.9. The lowest BCUT2D eigenvalue weighted by atomic mass is 10.1. The van der Waals surface area contributed by atoms with Gasteiger partial charge in [0.1, 0.15) is 30.3 Å². The third-order valence-corrected chi connectivity index (χ3v) is 10.1. The van der Waals surface area contributed by atoms with Gasteiger partial charge in [0, 0.05) is 41.5 Å². The lowest BCUT2D eigenvalue weighted by Gasteiger charge is -2.12. The molecule has 0 bridgehead atoms. The standard InChI is InChI=1S/C34H29ClFN5O3S2/c35-29-19-26(10-12-32(29)44-20-23-5-4-6-25(36)17-23)40-34-28-18-24(9-11-30(28)38-22-39-34)31-21-45-33(41-31)13-14-37-15-16-46(42,43)27-7-2-1-3-8-27/h1-12,17-19,21-22,37H,13-16,20H2,(H,38,39,40). The molecule has 2 heterocycles. The Bertz CT molecular complexity index is 2080. The van der Waals surface area contributed by atoms with Gasteiger partial charge in [0.25, 0.3) is 0 Å². The predicted molar refractivity (Wildman–Crippen MR) is 181 cm³/mol. The van der Waals surface area contributed by atoms with Crippen LogP contribution in [0.4, 0.5) is 15.9 Å². The quantitative estimate of drug-likeness (QED) is 0.122. The van der Waals surface area contributed by atoms with E-state index in [0.29, 0.717) is 52.2 Å². The predicted octanol–water partition coefficient (Wildman–Crippen LogP) is 7.47. The fraction of sp³-hybridized carbons (Fsp3) is 0.147. The number of nitrogens with one attached hydrogen (secondary N) is 2. The van der Waals surface area contributed by atoms with Gasteiger partial charge in [0.15, 0.2) is 9.84 Å². The molecule has 8 nitrogen and oxygen atoms in total. The SMILES string of the molecule is O=S(=O)(CCNCCc1nc(-c2ccc3ncnc(Nc4ccc(OCc5cccc(F)c5)c(Cl)c4)c3c2)cs1)c1ccccc1. The molecule has 0 amide bonds. The highest BCUT2D eigenvalue weighted by Gasteiger charge is 2.14. The van der Waals surface area contributed by atoms with Crippen LogP contribution in [0.2, 0.25) is 5.02 Å². The summed E-state index contributed by atoms with van der Waals surface area (Å²) in [5, 5.41) is 10.7. The zero-order valence-corrected chi connectivity index (χ0v) is 26.9. The Hall–Kier alpha value is -4.42. The number of fused-ring (bicyclic) bond motifs is 1. The Labute approximate surface area is 275 Å². The average Bonchev–Trinajstić information content (AvgIpc) is 3.54. The van der Waals surface area contributed by atoms with Crippen LogP contribution in [-0.4, -0.2) is 42.2 Å². The molecule has 0 radical (unpaired) electrons. The van der Waals surface area contributed by atoms with E-state index in [0.717, 1.165) is 27.2 Å². The Balaban J connectivity index is 1.08. The Morgan fingerprint density at radius 1 is 0.913 bits per heavy atom. The highest BCUT2D eigenvalue weighted by atomic mass is 35.5. The molecule has 46 heavy (non-hydrogen) atoms. The van der Waals surface area contributed by atoms with Gasteiger partial charge in [-0.1, -0.05) is 48.0 Å². The van der Waals surface area contributed by atoms with Gasteiger partial charge in [0.05, 0.1) is 31.9 Å². The number of ether oxygens (including phenoxy) is 1. The van der Waals surface area contributed by atoms with Gasteiger partial charge in [0.2, 0.25) is 0 Å². The number of benzene rings is 4. The second-order valence-electron chi connectivity index (χ2n) is 10.4. The van der Waals surface area contributed by atoms with Gasteiger partial charge < -0.3 is 15.4 Å². The van der Waals surface area contributed by atoms with Crippen LogP contribution in [0.1, 0.15) is 10.6 Å². The van der Waals surface area contributed by atoms with Crippen molar-refractivity contribution in [2.45, 2.75) is 17.9 Å². The fourth-order valence-corrected chi connectivity index (χ4v) is 7.03. The summed E-state index contributed by atoms with van der Waals surface area (Å²) in [4.78, 5) is 14.0. The van der Waals surface area contributed by atoms with Crippen molar-refractivity contribution >= 4 is 55.2 Å². The molecule has 0 aliphatic carbocycles. The van der Waals surface area contributed by atoms with E-state index in [9.17, 15) is 12.8 Å². The van der Waals surface area contributed by atoms with E-state index in [-0.39, 0.29) is 18.2 Å². The average molecular weight is 674 g/mol. The van der Waals surface area contributed by atoms with Gasteiger partial charge in [-0.15, -0.1) is 11.3 Å². The molecular formula is C34H29ClFN5O3S2. The Morgan fingerprint density at radius 3 is 2.61 bits per heavy atom. The highest BCUT2D eigenvalue weighted by Crippen LogP contribution is 2.32. The summed E-state index contributed by atoms with van der Waals surface area (Å²) in [5.74, 6) is 0.817. The van der Waals surface area contributed by atoms with E-state index < -0.39 is 9.84 Å². The number of halogens is 2. The number of aromatic nitrogens is 3. The maximum absolute atomic E-state index is 13.5. The first-order valence-electron chi connectivity index (χ1n) is 14.5. The fourth-order valence-electron chi connectivity index (χ4n) is 4.77. The van der Waals surface area contributed by atoms with Crippen LogP contribution in [0, 0.1) is 5.82 Å². The maximum Gasteiger partial charge on any atom is 0.179 e. The first kappa shape index (κ1) is 31.6. The summed E-state index contributed by atoms with van der Waals surface area (Å²) in [5.41, 5.74) is 3.96. The summed E-state index contributed by atoms with van der Waals surface area (Å²) in [6.45, 7) is 1.18. The molecule has 6 aromatic rings. The molecule has 2 aromatic heterocycles. The minimum absolute atomic E-state index is 0.0381. The number of nitrogens with zero attached hydrogens (tertiary/aromatic N) is 3. The smallest absolute Gasteiger partial charge is 0.179 e. The third-order valence-electron chi connectivity index (χ3n) is 7.13. The number of anilines is 2. The molecule has 2 N–H and O–H groups in total. The Morgan fingerprint density at radius 2 is 1.78 bits per heavy atom. The molecule has 0 saturated carbocycles. The molecule has 6 rings (SSSR count). The second kappa shape index (κ2) is 14.3. The van der Waals surface area contributed by atoms with E-state index in [2.05, 4.69) is 20.6 Å². The van der Waals surface area contributed by atoms with Gasteiger partial charge in [-0.3, -0.25) is 0 Å². The number of thiazole rings is 1. The van der Waals surface area contributed by atoms with Crippen molar-refractivity contribution in [2.75, 3.05) is 24.2 Å². The molecule has 0 aliphatic rings. The van der Waals surface area contributed by atoms with Gasteiger partial charge in [-0.2, -0.15) is 0 Å². The lowest BCUT2D eigenvalue weighted by Crippen LogP contribution is -2.25. The van der Waals surface area contributed by atoms with E-state index in [4.69, 9.17) is 21.3 Å². The molecule has 0 aliphatic heterocycles. The summed E-state index contributed by atoms with van der Waals surface area (Å²) in [6.07, 6.45) is 2.18. The monoisotopic (exact) mass is 673 g/mol. The van der Waals surface area contributed by atoms with E-state index in [1.165, 1.54) is 18.5 Å². The van der Waals surface area contributed by atoms with Crippen LogP contribution in [0.25, 0.3) is 22.2 Å². The molecular weight excluding hydrogens is 645 g/mol. The molecule has 0 saturated heterocycles. The van der Waals surface area contributed by atoms with Crippen LogP contribution >= 0.6 is 22.9 Å². The number of rotatable bonds is 13. The highest BCUT2D eigenvalue weighted by molar-refractivity contribution is 7.91. The van der Waals surface area contributed by atoms with Crippen LogP contribution < -0.4 is 15.4 Å². The maximum atomic E-state index is 13.5. The van der Waals surface area contributed by atoms with Crippen LogP contribution in [-0.2, 0) is 22.9 Å². The largest absolute Gasteiger partial charge is 0.487 e. The van der Waals surface area contributed by atoms with Crippen molar-refractivity contribution < 1.29 is 17.5 Å². The molecule has 0 spiro atoms. The van der Waals surface area contributed by atoms with Crippen LogP contribution in [0.5, 0.6) is 5.75 Å². The first-order chi connectivity index (χ1) is 22.3. The molecule has 4 aromatic carbocycles. The minimum atomic E-state index is -3.31. The van der Waals surface area contributed by atoms with Crippen molar-refractivity contribution in [2.24, 2.45) is 0 Å². The van der Waals surface area contributed by atoms with Crippen molar-refractivity contribution in [3.8, 4) is 17.0 Å². The Kier molecular flexibility index (Phi) is 9.84. The van der Waals surface area contributed by atoms with Crippen molar-refractivity contribution in [3.05, 3.63) is 124 Å². The molecule has 0 atom stereocenters. The van der Waals surface area contributed by atoms with E-state index in [1.54, 1.807) is 65.9 Å². The van der Waals surface area contributed by atoms with E-state index >= 15 is 0 Å². The summed E-state index contributed by atoms with van der Waals surface area (Å²) < 4.78 is 44.2. The number of sulfone groups is 1. The van der Waals surface area contributed by atoms with Gasteiger partial charge in [-0.25, -0.2) is 27.8 Å². The van der Waals surface area contributed by atoms with Gasteiger partial charge in [-0.05, 0) is 60.2 Å². The normalized spacial score (nSPS) is 11.5. The number of hydrogen-bond acceptors (Lipinski definition) is 9. The molecule has 0 fully saturated rings. The third kappa shape index (κ3) is 7.86. The zero-order valence-electron chi connectivity index (χ0n) is 24.5. The van der Waals surface area contributed by atoms with Crippen LogP contribution in [0.3, 0.4) is 0 Å². The minimum Gasteiger partial charge on any atom is -0.487 e. The first-order valence-corrected chi connectivity index (χ1v) is 17.4. The van der Waals surface area contributed by atoms with E-state index in [1.807, 2.05) is 29.6 Å².